The predicted octanol–water partition coefficient (Wildman–Crippen LogP) is 8.03. The molecule has 2 heterocycles. The molecule has 0 aromatic heterocycles. The lowest BCUT2D eigenvalue weighted by atomic mass is 9.66. The minimum Gasteiger partial charge on any atom is -0.491 e. The molecule has 2 aliphatic heterocycles. The molecule has 1 aliphatic carbocycles. The Hall–Kier alpha value is -2.34. The molecular formula is C42H63ClF2N4O3S. The number of anilines is 1. The number of hydrogen-bond acceptors (Lipinski definition) is 7. The Balaban J connectivity index is 0.00000308. The molecule has 7 unspecified atom stereocenters. The van der Waals surface area contributed by atoms with Crippen LogP contribution in [-0.4, -0.2) is 112 Å². The third kappa shape index (κ3) is 12.1. The van der Waals surface area contributed by atoms with Gasteiger partial charge in [-0.1, -0.05) is 62.9 Å². The maximum absolute atomic E-state index is 13.1. The van der Waals surface area contributed by atoms with E-state index >= 15 is 0 Å². The van der Waals surface area contributed by atoms with Crippen molar-refractivity contribution in [2.75, 3.05) is 78.0 Å². The number of nitrogens with one attached hydrogen (secondary N) is 1. The molecule has 2 fully saturated rings. The largest absolute Gasteiger partial charge is 0.491 e. The molecule has 1 saturated carbocycles. The number of piperazine rings is 1. The van der Waals surface area contributed by atoms with Crippen LogP contribution in [0.15, 0.2) is 48.6 Å². The number of rotatable bonds is 17. The number of nitrogens with zero attached hydrogens (tertiary/aromatic N) is 3. The highest BCUT2D eigenvalue weighted by molar-refractivity contribution is 8.12. The van der Waals surface area contributed by atoms with E-state index in [0.29, 0.717) is 54.2 Å². The lowest BCUT2D eigenvalue weighted by Crippen LogP contribution is -2.50. The first-order valence-electron chi connectivity index (χ1n) is 19.4. The molecular weight excluding hydrogens is 714 g/mol. The second kappa shape index (κ2) is 21.7. The van der Waals surface area contributed by atoms with Gasteiger partial charge in [0.25, 0.3) is 6.43 Å². The van der Waals surface area contributed by atoms with Gasteiger partial charge >= 0.3 is 0 Å². The molecule has 2 N–H and O–H groups in total. The van der Waals surface area contributed by atoms with Gasteiger partial charge in [0.2, 0.25) is 0 Å². The van der Waals surface area contributed by atoms with E-state index in [1.54, 1.807) is 0 Å². The van der Waals surface area contributed by atoms with Gasteiger partial charge in [-0.15, -0.1) is 10.7 Å². The Bertz CT molecular complexity index is 1490. The summed E-state index contributed by atoms with van der Waals surface area (Å²) >= 11 is 6.46. The van der Waals surface area contributed by atoms with Crippen LogP contribution in [0.4, 0.5) is 14.5 Å². The molecule has 53 heavy (non-hydrogen) atoms. The number of halogens is 3. The number of allylic oxidation sites excluding steroid dienone is 1. The molecule has 3 aliphatic rings. The van der Waals surface area contributed by atoms with E-state index in [1.165, 1.54) is 17.5 Å². The van der Waals surface area contributed by atoms with Gasteiger partial charge in [0.05, 0.1) is 18.8 Å². The highest BCUT2D eigenvalue weighted by Gasteiger charge is 2.39. The molecule has 5 rings (SSSR count). The number of aldehydes is 1. The first-order valence-corrected chi connectivity index (χ1v) is 21.2. The highest BCUT2D eigenvalue weighted by Crippen LogP contribution is 2.44. The van der Waals surface area contributed by atoms with Gasteiger partial charge in [-0.2, -0.15) is 0 Å². The van der Waals surface area contributed by atoms with Crippen molar-refractivity contribution in [1.82, 2.24) is 14.5 Å². The number of alkyl halides is 2. The van der Waals surface area contributed by atoms with E-state index in [4.69, 9.17) is 21.4 Å². The lowest BCUT2D eigenvalue weighted by molar-refractivity contribution is 0.0419. The summed E-state index contributed by atoms with van der Waals surface area (Å²) in [5.41, 5.74) is 4.22. The van der Waals surface area contributed by atoms with Crippen molar-refractivity contribution in [1.29, 1.82) is 0 Å². The van der Waals surface area contributed by atoms with Crippen molar-refractivity contribution in [3.63, 3.8) is 0 Å². The summed E-state index contributed by atoms with van der Waals surface area (Å²) in [5, 5.41) is 8.24. The zero-order valence-electron chi connectivity index (χ0n) is 32.5. The van der Waals surface area contributed by atoms with E-state index in [0.717, 1.165) is 88.3 Å². The Kier molecular flexibility index (Phi) is 17.7. The van der Waals surface area contributed by atoms with Gasteiger partial charge in [0, 0.05) is 74.7 Å². The smallest absolute Gasteiger partial charge is 0.251 e. The number of hydrogen-bond donors (Lipinski definition) is 2. The zero-order chi connectivity index (χ0) is 38.5. The first kappa shape index (κ1) is 43.4. The van der Waals surface area contributed by atoms with Crippen molar-refractivity contribution in [2.45, 2.75) is 70.5 Å². The van der Waals surface area contributed by atoms with Crippen LogP contribution in [0, 0.1) is 23.7 Å². The summed E-state index contributed by atoms with van der Waals surface area (Å²) in [6.07, 6.45) is 8.85. The fraction of sp³-hybridized carbons (Fsp3) is 0.619. The molecule has 2 aromatic carbocycles. The Morgan fingerprint density at radius 2 is 1.79 bits per heavy atom. The molecule has 1 saturated heterocycles. The van der Waals surface area contributed by atoms with Gasteiger partial charge in [-0.25, -0.2) is 8.78 Å². The van der Waals surface area contributed by atoms with Crippen molar-refractivity contribution < 1.29 is 23.4 Å². The van der Waals surface area contributed by atoms with Crippen LogP contribution in [0.2, 0.25) is 5.02 Å². The molecule has 7 nitrogen and oxygen atoms in total. The van der Waals surface area contributed by atoms with Crippen molar-refractivity contribution in [3.8, 4) is 5.75 Å². The predicted molar refractivity (Wildman–Crippen MR) is 221 cm³/mol. The van der Waals surface area contributed by atoms with E-state index in [2.05, 4.69) is 65.4 Å². The number of aliphatic hydroxyl groups is 1. The molecule has 7 atom stereocenters. The van der Waals surface area contributed by atoms with Crippen molar-refractivity contribution in [2.24, 2.45) is 23.7 Å². The third-order valence-corrected chi connectivity index (χ3v) is 13.7. The number of aliphatic hydroxyl groups excluding tert-OH is 1. The summed E-state index contributed by atoms with van der Waals surface area (Å²) in [4.78, 5) is 18.8. The molecule has 0 radical (unpaired) electrons. The SMILES string of the molecule is C=S(NC)C(C)C(C)C/C=C/C(CN1CCN(CC(F)F)CC1)C1CCC1CN1CC(c2ccc(Cl)cc2CCC)COc2ccc(C=O)cc21.CO. The molecule has 296 valence electrons. The fourth-order valence-corrected chi connectivity index (χ4v) is 9.42. The van der Waals surface area contributed by atoms with Gasteiger partial charge in [0.15, 0.2) is 0 Å². The molecule has 0 amide bonds. The fourth-order valence-electron chi connectivity index (χ4n) is 8.18. The van der Waals surface area contributed by atoms with Crippen LogP contribution in [0.3, 0.4) is 0 Å². The standard InChI is InChI=1S/C41H59ClF2N4O2S.CH4O/c1-6-8-32-22-36(42)13-15-37(32)35-25-48(39-21-31(27-49)11-16-40(39)50-28-35)24-34-12-14-38(34)33(10-7-9-29(2)30(3)51(5)45-4)23-46-17-19-47(20-18-46)26-41(43)44;1-2/h7,10-11,13,15-16,21-22,27,29-30,33-35,38,41,45H,5-6,8-9,12,14,17-20,23-26,28H2,1-4H3;2H,1H3/b10-7+;. The van der Waals surface area contributed by atoms with E-state index < -0.39 is 6.43 Å². The summed E-state index contributed by atoms with van der Waals surface area (Å²) in [6.45, 7) is 12.9. The van der Waals surface area contributed by atoms with Gasteiger partial charge in [-0.3, -0.25) is 14.4 Å². The number of aryl methyl sites for hydroxylation is 1. The second-order valence-electron chi connectivity index (χ2n) is 15.0. The van der Waals surface area contributed by atoms with Crippen LogP contribution < -0.4 is 14.4 Å². The zero-order valence-corrected chi connectivity index (χ0v) is 34.1. The maximum Gasteiger partial charge on any atom is 0.251 e. The minimum absolute atomic E-state index is 0.0764. The summed E-state index contributed by atoms with van der Waals surface area (Å²) in [7, 11) is 2.91. The number of ether oxygens (including phenoxy) is 1. The number of carbonyl (C=O) groups excluding carboxylic acids is 1. The average molecular weight is 778 g/mol. The Morgan fingerprint density at radius 3 is 2.42 bits per heavy atom. The second-order valence-corrected chi connectivity index (χ2v) is 17.4. The summed E-state index contributed by atoms with van der Waals surface area (Å²) < 4.78 is 36.0. The van der Waals surface area contributed by atoms with Crippen LogP contribution in [-0.2, 0) is 6.42 Å². The number of fused-ring (bicyclic) bond motifs is 1. The summed E-state index contributed by atoms with van der Waals surface area (Å²) in [5.74, 6) is 7.18. The Morgan fingerprint density at radius 1 is 1.08 bits per heavy atom. The molecule has 0 spiro atoms. The average Bonchev–Trinajstić information content (AvgIpc) is 3.33. The van der Waals surface area contributed by atoms with Gasteiger partial charge in [0.1, 0.15) is 12.0 Å². The van der Waals surface area contributed by atoms with Crippen LogP contribution >= 0.6 is 22.3 Å². The third-order valence-electron chi connectivity index (χ3n) is 11.6. The molecule has 2 aromatic rings. The minimum atomic E-state index is -2.29. The van der Waals surface area contributed by atoms with Crippen LogP contribution in [0.25, 0.3) is 0 Å². The van der Waals surface area contributed by atoms with E-state index in [-0.39, 0.29) is 23.1 Å². The van der Waals surface area contributed by atoms with Crippen molar-refractivity contribution in [3.05, 3.63) is 70.3 Å². The lowest BCUT2D eigenvalue weighted by Gasteiger charge is -2.46. The molecule has 11 heteroatoms. The highest BCUT2D eigenvalue weighted by atomic mass is 35.5. The quantitative estimate of drug-likeness (QED) is 0.0959. The van der Waals surface area contributed by atoms with E-state index in [1.807, 2.05) is 36.2 Å². The van der Waals surface area contributed by atoms with E-state index in [9.17, 15) is 13.6 Å². The Labute approximate surface area is 325 Å². The topological polar surface area (TPSA) is 68.3 Å². The van der Waals surface area contributed by atoms with Gasteiger partial charge < -0.3 is 19.6 Å². The van der Waals surface area contributed by atoms with Gasteiger partial charge in [-0.05, 0) is 97.9 Å². The maximum atomic E-state index is 13.1. The van der Waals surface area contributed by atoms with Crippen LogP contribution in [0.5, 0.6) is 5.75 Å². The molecule has 0 bridgehead atoms. The first-order chi connectivity index (χ1) is 25.6. The van der Waals surface area contributed by atoms with Crippen LogP contribution in [0.1, 0.15) is 73.9 Å². The number of carbonyl (C=O) groups is 1. The summed E-state index contributed by atoms with van der Waals surface area (Å²) in [6, 6.07) is 12.1. The monoisotopic (exact) mass is 776 g/mol. The number of benzene rings is 2. The van der Waals surface area contributed by atoms with Crippen molar-refractivity contribution >= 4 is 40.1 Å². The normalized spacial score (nSPS) is 23.2.